The molecule has 1 atom stereocenters. The van der Waals surface area contributed by atoms with Gasteiger partial charge in [0, 0.05) is 12.6 Å². The SMILES string of the molecule is C[C@@H](CN)NC(=O)C1(c2cccc(F)c2)CCCCC1. The third kappa shape index (κ3) is 3.01. The van der Waals surface area contributed by atoms with Gasteiger partial charge in [0.1, 0.15) is 5.82 Å². The van der Waals surface area contributed by atoms with Crippen molar-refractivity contribution in [3.05, 3.63) is 35.6 Å². The number of rotatable bonds is 4. The van der Waals surface area contributed by atoms with E-state index in [0.717, 1.165) is 37.7 Å². The van der Waals surface area contributed by atoms with Crippen molar-refractivity contribution in [2.24, 2.45) is 5.73 Å². The van der Waals surface area contributed by atoms with Crippen molar-refractivity contribution >= 4 is 5.91 Å². The van der Waals surface area contributed by atoms with Gasteiger partial charge in [-0.15, -0.1) is 0 Å². The van der Waals surface area contributed by atoms with Crippen LogP contribution in [0.2, 0.25) is 0 Å². The maximum atomic E-state index is 13.5. The first-order valence-electron chi connectivity index (χ1n) is 7.35. The monoisotopic (exact) mass is 278 g/mol. The number of carbonyl (C=O) groups is 1. The summed E-state index contributed by atoms with van der Waals surface area (Å²) < 4.78 is 13.5. The van der Waals surface area contributed by atoms with Crippen LogP contribution < -0.4 is 11.1 Å². The molecule has 1 aromatic rings. The van der Waals surface area contributed by atoms with E-state index in [1.54, 1.807) is 6.07 Å². The Hall–Kier alpha value is -1.42. The second-order valence-corrected chi connectivity index (χ2v) is 5.76. The molecule has 1 aliphatic carbocycles. The van der Waals surface area contributed by atoms with E-state index in [4.69, 9.17) is 5.73 Å². The van der Waals surface area contributed by atoms with Gasteiger partial charge in [-0.05, 0) is 37.5 Å². The molecular weight excluding hydrogens is 255 g/mol. The van der Waals surface area contributed by atoms with Crippen LogP contribution in [0, 0.1) is 5.82 Å². The molecule has 1 fully saturated rings. The quantitative estimate of drug-likeness (QED) is 0.889. The highest BCUT2D eigenvalue weighted by Crippen LogP contribution is 2.40. The molecule has 1 aromatic carbocycles. The summed E-state index contributed by atoms with van der Waals surface area (Å²) in [5.74, 6) is -0.298. The summed E-state index contributed by atoms with van der Waals surface area (Å²) in [5, 5.41) is 2.97. The first-order chi connectivity index (χ1) is 9.58. The lowest BCUT2D eigenvalue weighted by Crippen LogP contribution is -2.50. The minimum Gasteiger partial charge on any atom is -0.352 e. The van der Waals surface area contributed by atoms with E-state index in [1.807, 2.05) is 13.0 Å². The van der Waals surface area contributed by atoms with E-state index < -0.39 is 5.41 Å². The van der Waals surface area contributed by atoms with Gasteiger partial charge < -0.3 is 11.1 Å². The number of hydrogen-bond acceptors (Lipinski definition) is 2. The smallest absolute Gasteiger partial charge is 0.230 e. The zero-order valence-electron chi connectivity index (χ0n) is 12.0. The van der Waals surface area contributed by atoms with Crippen molar-refractivity contribution in [1.82, 2.24) is 5.32 Å². The van der Waals surface area contributed by atoms with Crippen LogP contribution in [0.5, 0.6) is 0 Å². The number of hydrogen-bond donors (Lipinski definition) is 2. The molecule has 0 saturated heterocycles. The Morgan fingerprint density at radius 3 is 2.70 bits per heavy atom. The Kier molecular flexibility index (Phi) is 4.76. The summed E-state index contributed by atoms with van der Waals surface area (Å²) in [6, 6.07) is 6.40. The predicted octanol–water partition coefficient (Wildman–Crippen LogP) is 2.49. The maximum absolute atomic E-state index is 13.5. The fourth-order valence-corrected chi connectivity index (χ4v) is 3.01. The van der Waals surface area contributed by atoms with Crippen molar-refractivity contribution in [3.8, 4) is 0 Å². The lowest BCUT2D eigenvalue weighted by molar-refractivity contribution is -0.128. The van der Waals surface area contributed by atoms with Crippen molar-refractivity contribution in [2.45, 2.75) is 50.5 Å². The summed E-state index contributed by atoms with van der Waals surface area (Å²) in [5.41, 5.74) is 5.78. The standard InChI is InChI=1S/C16H23FN2O/c1-12(11-18)19-15(20)16(8-3-2-4-9-16)13-6-5-7-14(17)10-13/h5-7,10,12H,2-4,8-9,11,18H2,1H3,(H,19,20)/t12-/m0/s1. The molecule has 110 valence electrons. The van der Waals surface area contributed by atoms with Gasteiger partial charge in [-0.2, -0.15) is 0 Å². The van der Waals surface area contributed by atoms with Gasteiger partial charge in [0.15, 0.2) is 0 Å². The summed E-state index contributed by atoms with van der Waals surface area (Å²) in [4.78, 5) is 12.7. The molecule has 1 aliphatic rings. The molecule has 3 N–H and O–H groups in total. The topological polar surface area (TPSA) is 55.1 Å². The van der Waals surface area contributed by atoms with Crippen LogP contribution in [0.3, 0.4) is 0 Å². The lowest BCUT2D eigenvalue weighted by atomic mass is 9.68. The third-order valence-corrected chi connectivity index (χ3v) is 4.25. The molecule has 1 amide bonds. The van der Waals surface area contributed by atoms with Gasteiger partial charge in [0.2, 0.25) is 5.91 Å². The van der Waals surface area contributed by atoms with Crippen LogP contribution in [-0.2, 0) is 10.2 Å². The lowest BCUT2D eigenvalue weighted by Gasteiger charge is -2.37. The molecule has 20 heavy (non-hydrogen) atoms. The Bertz CT molecular complexity index is 469. The van der Waals surface area contributed by atoms with E-state index in [9.17, 15) is 9.18 Å². The number of halogens is 1. The number of amides is 1. The predicted molar refractivity (Wildman–Crippen MR) is 77.8 cm³/mol. The molecule has 0 aromatic heterocycles. The first-order valence-corrected chi connectivity index (χ1v) is 7.35. The van der Waals surface area contributed by atoms with Crippen molar-refractivity contribution in [2.75, 3.05) is 6.54 Å². The van der Waals surface area contributed by atoms with E-state index in [2.05, 4.69) is 5.32 Å². The van der Waals surface area contributed by atoms with Gasteiger partial charge in [-0.1, -0.05) is 31.4 Å². The molecule has 0 bridgehead atoms. The minimum absolute atomic E-state index is 0.0132. The highest BCUT2D eigenvalue weighted by Gasteiger charge is 2.41. The van der Waals surface area contributed by atoms with Crippen LogP contribution in [0.15, 0.2) is 24.3 Å². The molecule has 0 unspecified atom stereocenters. The molecular formula is C16H23FN2O. The summed E-state index contributed by atoms with van der Waals surface area (Å²) >= 11 is 0. The fraction of sp³-hybridized carbons (Fsp3) is 0.562. The molecule has 4 heteroatoms. The fourth-order valence-electron chi connectivity index (χ4n) is 3.01. The third-order valence-electron chi connectivity index (χ3n) is 4.25. The molecule has 0 spiro atoms. The Morgan fingerprint density at radius 1 is 1.40 bits per heavy atom. The molecule has 3 nitrogen and oxygen atoms in total. The normalized spacial score (nSPS) is 19.4. The molecule has 1 saturated carbocycles. The number of nitrogens with two attached hydrogens (primary N) is 1. The van der Waals surface area contributed by atoms with Crippen LogP contribution in [-0.4, -0.2) is 18.5 Å². The summed E-state index contributed by atoms with van der Waals surface area (Å²) in [7, 11) is 0. The molecule has 0 heterocycles. The van der Waals surface area contributed by atoms with Crippen molar-refractivity contribution < 1.29 is 9.18 Å². The number of nitrogens with one attached hydrogen (secondary N) is 1. The number of carbonyl (C=O) groups excluding carboxylic acids is 1. The van der Waals surface area contributed by atoms with Crippen LogP contribution in [0.4, 0.5) is 4.39 Å². The van der Waals surface area contributed by atoms with Gasteiger partial charge in [0.05, 0.1) is 5.41 Å². The van der Waals surface area contributed by atoms with Crippen LogP contribution in [0.25, 0.3) is 0 Å². The average molecular weight is 278 g/mol. The Morgan fingerprint density at radius 2 is 2.10 bits per heavy atom. The van der Waals surface area contributed by atoms with E-state index in [0.29, 0.717) is 6.54 Å². The summed E-state index contributed by atoms with van der Waals surface area (Å²) in [6.45, 7) is 2.30. The second-order valence-electron chi connectivity index (χ2n) is 5.76. The second kappa shape index (κ2) is 6.35. The minimum atomic E-state index is -0.593. The van der Waals surface area contributed by atoms with E-state index in [-0.39, 0.29) is 17.8 Å². The van der Waals surface area contributed by atoms with E-state index in [1.165, 1.54) is 12.1 Å². The molecule has 2 rings (SSSR count). The molecule has 0 aliphatic heterocycles. The van der Waals surface area contributed by atoms with Crippen molar-refractivity contribution in [1.29, 1.82) is 0 Å². The zero-order valence-corrected chi connectivity index (χ0v) is 12.0. The van der Waals surface area contributed by atoms with Crippen molar-refractivity contribution in [3.63, 3.8) is 0 Å². The van der Waals surface area contributed by atoms with Gasteiger partial charge in [-0.25, -0.2) is 4.39 Å². The van der Waals surface area contributed by atoms with Crippen LogP contribution >= 0.6 is 0 Å². The highest BCUT2D eigenvalue weighted by atomic mass is 19.1. The number of benzene rings is 1. The summed E-state index contributed by atoms with van der Waals surface area (Å²) in [6.07, 6.45) is 4.69. The van der Waals surface area contributed by atoms with E-state index >= 15 is 0 Å². The van der Waals surface area contributed by atoms with Crippen LogP contribution in [0.1, 0.15) is 44.6 Å². The zero-order chi connectivity index (χ0) is 14.6. The van der Waals surface area contributed by atoms with Gasteiger partial charge in [0.25, 0.3) is 0 Å². The van der Waals surface area contributed by atoms with Gasteiger partial charge >= 0.3 is 0 Å². The Labute approximate surface area is 119 Å². The maximum Gasteiger partial charge on any atom is 0.230 e. The molecule has 0 radical (unpaired) electrons. The Balaban J connectivity index is 2.32. The van der Waals surface area contributed by atoms with Gasteiger partial charge in [-0.3, -0.25) is 4.79 Å². The first kappa shape index (κ1) is 15.0. The largest absolute Gasteiger partial charge is 0.352 e. The highest BCUT2D eigenvalue weighted by molar-refractivity contribution is 5.88. The average Bonchev–Trinajstić information content (AvgIpc) is 2.47.